The molecule has 31 heavy (non-hydrogen) atoms. The summed E-state index contributed by atoms with van der Waals surface area (Å²) < 4.78 is 13.9. The number of amides is 1. The molecule has 1 amide bonds. The zero-order valence-electron chi connectivity index (χ0n) is 16.7. The van der Waals surface area contributed by atoms with Crippen LogP contribution >= 0.6 is 27.7 Å². The minimum atomic E-state index is -0.140. The van der Waals surface area contributed by atoms with E-state index in [2.05, 4.69) is 38.0 Å². The lowest BCUT2D eigenvalue weighted by atomic mass is 10.2. The molecule has 2 heterocycles. The first-order valence-electron chi connectivity index (χ1n) is 9.37. The van der Waals surface area contributed by atoms with Gasteiger partial charge in [-0.05, 0) is 48.5 Å². The Morgan fingerprint density at radius 1 is 1.26 bits per heavy atom. The van der Waals surface area contributed by atoms with E-state index in [-0.39, 0.29) is 11.7 Å². The Balaban J connectivity index is 1.49. The van der Waals surface area contributed by atoms with E-state index in [1.165, 1.54) is 11.8 Å². The van der Waals surface area contributed by atoms with Gasteiger partial charge in [0, 0.05) is 22.1 Å². The van der Waals surface area contributed by atoms with Crippen molar-refractivity contribution >= 4 is 50.3 Å². The van der Waals surface area contributed by atoms with Gasteiger partial charge < -0.3 is 14.5 Å². The molecule has 0 spiro atoms. The van der Waals surface area contributed by atoms with Gasteiger partial charge in [-0.25, -0.2) is 0 Å². The number of halogens is 1. The maximum Gasteiger partial charge on any atom is 0.234 e. The van der Waals surface area contributed by atoms with Crippen LogP contribution in [0.2, 0.25) is 0 Å². The minimum absolute atomic E-state index is 0.140. The first-order valence-corrected chi connectivity index (χ1v) is 11.2. The van der Waals surface area contributed by atoms with Crippen molar-refractivity contribution < 1.29 is 13.9 Å². The molecule has 0 saturated heterocycles. The molecule has 0 saturated carbocycles. The topological polar surface area (TPSA) is 82.2 Å². The predicted octanol–water partition coefficient (Wildman–Crippen LogP) is 5.38. The molecule has 0 unspecified atom stereocenters. The smallest absolute Gasteiger partial charge is 0.234 e. The number of carbonyl (C=O) groups is 1. The van der Waals surface area contributed by atoms with Gasteiger partial charge in [0.15, 0.2) is 10.9 Å². The van der Waals surface area contributed by atoms with Crippen LogP contribution in [0.4, 0.5) is 5.69 Å². The molecule has 158 valence electrons. The first kappa shape index (κ1) is 21.2. The normalized spacial score (nSPS) is 10.9. The number of methoxy groups -OCH3 is 1. The number of nitrogens with one attached hydrogen (secondary N) is 1. The monoisotopic (exact) mass is 498 g/mol. The molecule has 4 aromatic rings. The Labute approximate surface area is 191 Å². The summed E-state index contributed by atoms with van der Waals surface area (Å²) >= 11 is 4.77. The number of carbonyl (C=O) groups excluding carboxylic acids is 1. The highest BCUT2D eigenvalue weighted by atomic mass is 79.9. The number of thioether (sulfide) groups is 1. The molecular formula is C22H19BrN4O3S. The molecule has 9 heteroatoms. The van der Waals surface area contributed by atoms with E-state index in [1.807, 2.05) is 28.8 Å². The SMILES string of the molecule is C=CCn1c(SCC(=O)Nc2ccc(OC)cc2)nnc1-c1cc2cc(Br)ccc2o1. The molecule has 2 aromatic carbocycles. The number of benzene rings is 2. The van der Waals surface area contributed by atoms with Gasteiger partial charge in [-0.1, -0.05) is 33.8 Å². The van der Waals surface area contributed by atoms with E-state index in [0.29, 0.717) is 29.0 Å². The van der Waals surface area contributed by atoms with E-state index < -0.39 is 0 Å². The van der Waals surface area contributed by atoms with Gasteiger partial charge in [0.25, 0.3) is 0 Å². The molecule has 0 bridgehead atoms. The fraction of sp³-hybridized carbons (Fsp3) is 0.136. The molecule has 1 N–H and O–H groups in total. The Bertz CT molecular complexity index is 1230. The average Bonchev–Trinajstić information content (AvgIpc) is 3.36. The van der Waals surface area contributed by atoms with Crippen LogP contribution in [0.3, 0.4) is 0 Å². The summed E-state index contributed by atoms with van der Waals surface area (Å²) in [5, 5.41) is 13.0. The van der Waals surface area contributed by atoms with E-state index in [9.17, 15) is 4.79 Å². The lowest BCUT2D eigenvalue weighted by Gasteiger charge is -2.07. The number of rotatable bonds is 8. The average molecular weight is 499 g/mol. The Morgan fingerprint density at radius 2 is 2.06 bits per heavy atom. The van der Waals surface area contributed by atoms with Crippen molar-refractivity contribution in [1.29, 1.82) is 0 Å². The van der Waals surface area contributed by atoms with Crippen LogP contribution < -0.4 is 10.1 Å². The van der Waals surface area contributed by atoms with E-state index in [0.717, 1.165) is 21.2 Å². The number of hydrogen-bond donors (Lipinski definition) is 1. The van der Waals surface area contributed by atoms with Crippen molar-refractivity contribution in [2.45, 2.75) is 11.7 Å². The summed E-state index contributed by atoms with van der Waals surface area (Å²) in [6.07, 6.45) is 1.76. The van der Waals surface area contributed by atoms with Crippen molar-refractivity contribution in [1.82, 2.24) is 14.8 Å². The third-order valence-corrected chi connectivity index (χ3v) is 5.89. The molecule has 2 aromatic heterocycles. The fourth-order valence-corrected chi connectivity index (χ4v) is 4.12. The van der Waals surface area contributed by atoms with Gasteiger partial charge in [-0.3, -0.25) is 9.36 Å². The highest BCUT2D eigenvalue weighted by Gasteiger charge is 2.18. The molecule has 0 fully saturated rings. The molecule has 0 aliphatic rings. The highest BCUT2D eigenvalue weighted by molar-refractivity contribution is 9.10. The highest BCUT2D eigenvalue weighted by Crippen LogP contribution is 2.31. The van der Waals surface area contributed by atoms with Crippen molar-refractivity contribution in [2.75, 3.05) is 18.2 Å². The van der Waals surface area contributed by atoms with Gasteiger partial charge in [0.05, 0.1) is 12.9 Å². The second-order valence-corrected chi connectivity index (χ2v) is 8.42. The lowest BCUT2D eigenvalue weighted by molar-refractivity contribution is -0.113. The summed E-state index contributed by atoms with van der Waals surface area (Å²) in [6, 6.07) is 14.9. The summed E-state index contributed by atoms with van der Waals surface area (Å²) in [4.78, 5) is 12.4. The third-order valence-electron chi connectivity index (χ3n) is 4.43. The summed E-state index contributed by atoms with van der Waals surface area (Å²) in [5.41, 5.74) is 1.47. The molecular weight excluding hydrogens is 480 g/mol. The molecule has 0 atom stereocenters. The standard InChI is InChI=1S/C22H19BrN4O3S/c1-3-10-27-21(19-12-14-11-15(23)4-9-18(14)30-19)25-26-22(27)31-13-20(28)24-16-5-7-17(29-2)8-6-16/h3-9,11-12H,1,10,13H2,2H3,(H,24,28). The molecule has 7 nitrogen and oxygen atoms in total. The molecule has 4 rings (SSSR count). The van der Waals surface area contributed by atoms with E-state index in [4.69, 9.17) is 9.15 Å². The van der Waals surface area contributed by atoms with Crippen LogP contribution in [0.15, 0.2) is 75.2 Å². The zero-order valence-corrected chi connectivity index (χ0v) is 19.1. The number of ether oxygens (including phenoxy) is 1. The Hall–Kier alpha value is -3.04. The number of furan rings is 1. The second kappa shape index (κ2) is 9.40. The summed E-state index contributed by atoms with van der Waals surface area (Å²) in [6.45, 7) is 4.31. The van der Waals surface area contributed by atoms with E-state index >= 15 is 0 Å². The maximum absolute atomic E-state index is 12.4. The van der Waals surface area contributed by atoms with Gasteiger partial charge in [-0.15, -0.1) is 16.8 Å². The number of hydrogen-bond acceptors (Lipinski definition) is 6. The van der Waals surface area contributed by atoms with Crippen LogP contribution in [0.5, 0.6) is 5.75 Å². The predicted molar refractivity (Wildman–Crippen MR) is 125 cm³/mol. The Kier molecular flexibility index (Phi) is 6.43. The van der Waals surface area contributed by atoms with Crippen molar-refractivity contribution in [3.05, 3.63) is 65.7 Å². The minimum Gasteiger partial charge on any atom is -0.497 e. The quantitative estimate of drug-likeness (QED) is 0.259. The van der Waals surface area contributed by atoms with Crippen LogP contribution in [-0.2, 0) is 11.3 Å². The molecule has 0 aliphatic heterocycles. The Morgan fingerprint density at radius 3 is 2.81 bits per heavy atom. The number of aromatic nitrogens is 3. The van der Waals surface area contributed by atoms with Crippen LogP contribution in [0, 0.1) is 0 Å². The third kappa shape index (κ3) is 4.83. The van der Waals surface area contributed by atoms with Gasteiger partial charge in [0.1, 0.15) is 11.3 Å². The summed E-state index contributed by atoms with van der Waals surface area (Å²) in [5.74, 6) is 1.98. The molecule has 0 radical (unpaired) electrons. The van der Waals surface area contributed by atoms with Crippen LogP contribution in [-0.4, -0.2) is 33.5 Å². The first-order chi connectivity index (χ1) is 15.1. The van der Waals surface area contributed by atoms with Crippen LogP contribution in [0.1, 0.15) is 0 Å². The van der Waals surface area contributed by atoms with E-state index in [1.54, 1.807) is 37.5 Å². The van der Waals surface area contributed by atoms with Crippen molar-refractivity contribution in [2.24, 2.45) is 0 Å². The number of allylic oxidation sites excluding steroid dienone is 1. The largest absolute Gasteiger partial charge is 0.497 e. The van der Waals surface area contributed by atoms with Crippen LogP contribution in [0.25, 0.3) is 22.6 Å². The van der Waals surface area contributed by atoms with Crippen molar-refractivity contribution in [3.8, 4) is 17.3 Å². The number of anilines is 1. The summed E-state index contributed by atoms with van der Waals surface area (Å²) in [7, 11) is 1.60. The molecule has 0 aliphatic carbocycles. The fourth-order valence-electron chi connectivity index (χ4n) is 3.00. The zero-order chi connectivity index (χ0) is 21.8. The van der Waals surface area contributed by atoms with Gasteiger partial charge in [-0.2, -0.15) is 0 Å². The lowest BCUT2D eigenvalue weighted by Crippen LogP contribution is -2.14. The van der Waals surface area contributed by atoms with Gasteiger partial charge >= 0.3 is 0 Å². The maximum atomic E-state index is 12.4. The van der Waals surface area contributed by atoms with Crippen molar-refractivity contribution in [3.63, 3.8) is 0 Å². The number of nitrogens with zero attached hydrogens (tertiary/aromatic N) is 3. The number of fused-ring (bicyclic) bond motifs is 1. The van der Waals surface area contributed by atoms with Gasteiger partial charge in [0.2, 0.25) is 11.7 Å². The second-order valence-electron chi connectivity index (χ2n) is 6.56.